The quantitative estimate of drug-likeness (QED) is 0.614. The molecule has 2 aromatic rings. The number of methoxy groups -OCH3 is 1. The molecule has 0 aliphatic heterocycles. The van der Waals surface area contributed by atoms with Crippen LogP contribution >= 0.6 is 15.9 Å². The predicted molar refractivity (Wildman–Crippen MR) is 78.6 cm³/mol. The van der Waals surface area contributed by atoms with Crippen LogP contribution < -0.4 is 9.47 Å². The van der Waals surface area contributed by atoms with Gasteiger partial charge in [0.2, 0.25) is 5.75 Å². The summed E-state index contributed by atoms with van der Waals surface area (Å²) in [5.74, 6) is 0.654. The SMILES string of the molecule is COc1ccc([N+](=O)[O-])c(Oc2cc(Br)ccc2C#N)c1. The van der Waals surface area contributed by atoms with Crippen molar-refractivity contribution >= 4 is 21.6 Å². The summed E-state index contributed by atoms with van der Waals surface area (Å²) >= 11 is 3.27. The number of hydrogen-bond donors (Lipinski definition) is 0. The van der Waals surface area contributed by atoms with Gasteiger partial charge < -0.3 is 9.47 Å². The largest absolute Gasteiger partial charge is 0.497 e. The minimum atomic E-state index is -0.557. The molecule has 7 heteroatoms. The van der Waals surface area contributed by atoms with Gasteiger partial charge in [-0.25, -0.2) is 0 Å². The van der Waals surface area contributed by atoms with E-state index in [0.29, 0.717) is 10.2 Å². The third kappa shape index (κ3) is 3.30. The van der Waals surface area contributed by atoms with Crippen LogP contribution in [0.2, 0.25) is 0 Å². The van der Waals surface area contributed by atoms with Crippen LogP contribution in [0.15, 0.2) is 40.9 Å². The molecular weight excluding hydrogens is 340 g/mol. The molecule has 0 aliphatic rings. The molecule has 0 N–H and O–H groups in total. The van der Waals surface area contributed by atoms with Gasteiger partial charge in [-0.2, -0.15) is 5.26 Å². The number of nitro groups is 1. The van der Waals surface area contributed by atoms with Gasteiger partial charge in [-0.15, -0.1) is 0 Å². The molecule has 0 unspecified atom stereocenters. The molecule has 21 heavy (non-hydrogen) atoms. The molecule has 0 amide bonds. The molecule has 106 valence electrons. The average Bonchev–Trinajstić information content (AvgIpc) is 2.47. The number of nitrogens with zero attached hydrogens (tertiary/aromatic N) is 2. The summed E-state index contributed by atoms with van der Waals surface area (Å²) in [6.07, 6.45) is 0. The second-order valence-corrected chi connectivity index (χ2v) is 4.86. The first-order chi connectivity index (χ1) is 10.0. The summed E-state index contributed by atoms with van der Waals surface area (Å²) < 4.78 is 11.3. The van der Waals surface area contributed by atoms with Gasteiger partial charge in [0.1, 0.15) is 17.6 Å². The zero-order valence-corrected chi connectivity index (χ0v) is 12.5. The van der Waals surface area contributed by atoms with Crippen LogP contribution in [-0.2, 0) is 0 Å². The van der Waals surface area contributed by atoms with Gasteiger partial charge in [-0.05, 0) is 24.3 Å². The van der Waals surface area contributed by atoms with E-state index in [2.05, 4.69) is 15.9 Å². The Labute approximate surface area is 128 Å². The molecule has 6 nitrogen and oxygen atoms in total. The highest BCUT2D eigenvalue weighted by molar-refractivity contribution is 9.10. The van der Waals surface area contributed by atoms with Crippen molar-refractivity contribution in [1.82, 2.24) is 0 Å². The molecule has 0 heterocycles. The van der Waals surface area contributed by atoms with Crippen LogP contribution in [0.5, 0.6) is 17.2 Å². The van der Waals surface area contributed by atoms with Crippen molar-refractivity contribution in [2.75, 3.05) is 7.11 Å². The highest BCUT2D eigenvalue weighted by Gasteiger charge is 2.18. The zero-order valence-electron chi connectivity index (χ0n) is 10.9. The Morgan fingerprint density at radius 2 is 2.00 bits per heavy atom. The monoisotopic (exact) mass is 348 g/mol. The van der Waals surface area contributed by atoms with E-state index in [-0.39, 0.29) is 22.7 Å². The summed E-state index contributed by atoms with van der Waals surface area (Å²) in [5.41, 5.74) is 0.0648. The lowest BCUT2D eigenvalue weighted by molar-refractivity contribution is -0.385. The Bertz CT molecular complexity index is 740. The Balaban J connectivity index is 2.50. The number of benzene rings is 2. The maximum Gasteiger partial charge on any atom is 0.311 e. The van der Waals surface area contributed by atoms with E-state index >= 15 is 0 Å². The molecular formula is C14H9BrN2O4. The van der Waals surface area contributed by atoms with Crippen molar-refractivity contribution < 1.29 is 14.4 Å². The molecule has 0 aliphatic carbocycles. The molecule has 2 rings (SSSR count). The summed E-state index contributed by atoms with van der Waals surface area (Å²) in [7, 11) is 1.45. The van der Waals surface area contributed by atoms with Gasteiger partial charge in [0.25, 0.3) is 0 Å². The fraction of sp³-hybridized carbons (Fsp3) is 0.0714. The lowest BCUT2D eigenvalue weighted by Gasteiger charge is -2.09. The Morgan fingerprint density at radius 3 is 2.62 bits per heavy atom. The molecule has 0 saturated heterocycles. The van der Waals surface area contributed by atoms with Crippen molar-refractivity contribution in [3.63, 3.8) is 0 Å². The Morgan fingerprint density at radius 1 is 1.24 bits per heavy atom. The lowest BCUT2D eigenvalue weighted by atomic mass is 10.2. The van der Waals surface area contributed by atoms with Crippen molar-refractivity contribution in [1.29, 1.82) is 5.26 Å². The topological polar surface area (TPSA) is 85.4 Å². The van der Waals surface area contributed by atoms with E-state index in [1.54, 1.807) is 18.2 Å². The molecule has 0 radical (unpaired) electrons. The van der Waals surface area contributed by atoms with Crippen LogP contribution in [0.25, 0.3) is 0 Å². The lowest BCUT2D eigenvalue weighted by Crippen LogP contribution is -1.96. The first kappa shape index (κ1) is 14.8. The summed E-state index contributed by atoms with van der Waals surface area (Å²) in [5, 5.41) is 20.1. The molecule has 0 bridgehead atoms. The Hall–Kier alpha value is -2.59. The van der Waals surface area contributed by atoms with Gasteiger partial charge >= 0.3 is 5.69 Å². The molecule has 0 fully saturated rings. The maximum absolute atomic E-state index is 11.0. The first-order valence-corrected chi connectivity index (χ1v) is 6.54. The number of halogens is 1. The summed E-state index contributed by atoms with van der Waals surface area (Å²) in [4.78, 5) is 10.5. The van der Waals surface area contributed by atoms with Crippen molar-refractivity contribution in [2.24, 2.45) is 0 Å². The van der Waals surface area contributed by atoms with Crippen molar-refractivity contribution in [3.05, 3.63) is 56.5 Å². The fourth-order valence-corrected chi connectivity index (χ4v) is 1.99. The molecule has 0 spiro atoms. The van der Waals surface area contributed by atoms with Crippen molar-refractivity contribution in [3.8, 4) is 23.3 Å². The molecule has 0 atom stereocenters. The highest BCUT2D eigenvalue weighted by atomic mass is 79.9. The number of rotatable bonds is 4. The third-order valence-corrected chi connectivity index (χ3v) is 3.14. The maximum atomic E-state index is 11.0. The van der Waals surface area contributed by atoms with Crippen LogP contribution in [0.4, 0.5) is 5.69 Å². The van der Waals surface area contributed by atoms with Crippen LogP contribution in [0.1, 0.15) is 5.56 Å². The summed E-state index contributed by atoms with van der Waals surface area (Å²) in [6, 6.07) is 11.0. The number of nitro benzene ring substituents is 1. The molecule has 2 aromatic carbocycles. The fourth-order valence-electron chi connectivity index (χ4n) is 1.65. The zero-order chi connectivity index (χ0) is 15.4. The van der Waals surface area contributed by atoms with Crippen LogP contribution in [-0.4, -0.2) is 12.0 Å². The number of hydrogen-bond acceptors (Lipinski definition) is 5. The third-order valence-electron chi connectivity index (χ3n) is 2.65. The van der Waals surface area contributed by atoms with Gasteiger partial charge in [0.15, 0.2) is 0 Å². The molecule has 0 saturated carbocycles. The predicted octanol–water partition coefficient (Wildman–Crippen LogP) is 4.03. The van der Waals surface area contributed by atoms with E-state index < -0.39 is 4.92 Å². The van der Waals surface area contributed by atoms with Crippen molar-refractivity contribution in [2.45, 2.75) is 0 Å². The normalized spacial score (nSPS) is 9.76. The van der Waals surface area contributed by atoms with Gasteiger partial charge in [0.05, 0.1) is 17.6 Å². The Kier molecular flexibility index (Phi) is 4.40. The van der Waals surface area contributed by atoms with Gasteiger partial charge in [0, 0.05) is 16.6 Å². The average molecular weight is 349 g/mol. The van der Waals surface area contributed by atoms with E-state index in [9.17, 15) is 10.1 Å². The van der Waals surface area contributed by atoms with E-state index in [0.717, 1.165) is 0 Å². The summed E-state index contributed by atoms with van der Waals surface area (Å²) in [6.45, 7) is 0. The number of nitriles is 1. The van der Waals surface area contributed by atoms with Crippen LogP contribution in [0.3, 0.4) is 0 Å². The smallest absolute Gasteiger partial charge is 0.311 e. The number of ether oxygens (including phenoxy) is 2. The second-order valence-electron chi connectivity index (χ2n) is 3.95. The minimum absolute atomic E-state index is 0.00829. The first-order valence-electron chi connectivity index (χ1n) is 5.75. The van der Waals surface area contributed by atoms with E-state index in [1.807, 2.05) is 6.07 Å². The minimum Gasteiger partial charge on any atom is -0.497 e. The standard InChI is InChI=1S/C14H9BrN2O4/c1-20-11-4-5-12(17(18)19)14(7-11)21-13-6-10(15)3-2-9(13)8-16/h2-7H,1H3. The second kappa shape index (κ2) is 6.24. The van der Waals surface area contributed by atoms with Gasteiger partial charge in [-0.3, -0.25) is 10.1 Å². The molecule has 0 aromatic heterocycles. The van der Waals surface area contributed by atoms with E-state index in [4.69, 9.17) is 14.7 Å². The van der Waals surface area contributed by atoms with Crippen LogP contribution in [0, 0.1) is 21.4 Å². The van der Waals surface area contributed by atoms with Gasteiger partial charge in [-0.1, -0.05) is 15.9 Å². The highest BCUT2D eigenvalue weighted by Crippen LogP contribution is 2.36. The van der Waals surface area contributed by atoms with E-state index in [1.165, 1.54) is 25.3 Å².